The van der Waals surface area contributed by atoms with E-state index in [4.69, 9.17) is 0 Å². The highest BCUT2D eigenvalue weighted by atomic mass is 16.2. The lowest BCUT2D eigenvalue weighted by molar-refractivity contribution is -0.117. The fraction of sp³-hybridized carbons (Fsp3) is 0.533. The van der Waals surface area contributed by atoms with Gasteiger partial charge in [0.2, 0.25) is 5.91 Å². The van der Waals surface area contributed by atoms with E-state index in [1.807, 2.05) is 17.0 Å². The summed E-state index contributed by atoms with van der Waals surface area (Å²) >= 11 is 0. The monoisotopic (exact) mass is 246 g/mol. The summed E-state index contributed by atoms with van der Waals surface area (Å²) in [4.78, 5) is 16.2. The lowest BCUT2D eigenvalue weighted by Gasteiger charge is -2.20. The van der Waals surface area contributed by atoms with Crippen LogP contribution in [0.4, 0.5) is 5.69 Å². The van der Waals surface area contributed by atoms with Crippen molar-refractivity contribution in [2.45, 2.75) is 26.2 Å². The molecule has 1 amide bonds. The zero-order chi connectivity index (χ0) is 13.0. The number of carbonyl (C=O) groups excluding carboxylic acids is 1. The first-order chi connectivity index (χ1) is 8.72. The third-order valence-electron chi connectivity index (χ3n) is 3.45. The van der Waals surface area contributed by atoms with Crippen LogP contribution in [0.15, 0.2) is 24.3 Å². The fourth-order valence-corrected chi connectivity index (χ4v) is 2.55. The lowest BCUT2D eigenvalue weighted by atomic mass is 10.2. The van der Waals surface area contributed by atoms with Gasteiger partial charge in [-0.25, -0.2) is 0 Å². The van der Waals surface area contributed by atoms with E-state index in [0.29, 0.717) is 6.42 Å². The van der Waals surface area contributed by atoms with E-state index in [-0.39, 0.29) is 5.91 Å². The van der Waals surface area contributed by atoms with Crippen LogP contribution < -0.4 is 4.90 Å². The Labute approximate surface area is 109 Å². The molecular weight excluding hydrogens is 224 g/mol. The number of hydrogen-bond acceptors (Lipinski definition) is 2. The number of anilines is 1. The van der Waals surface area contributed by atoms with Gasteiger partial charge in [-0.2, -0.15) is 0 Å². The molecule has 18 heavy (non-hydrogen) atoms. The van der Waals surface area contributed by atoms with Crippen LogP contribution in [0.3, 0.4) is 0 Å². The topological polar surface area (TPSA) is 23.6 Å². The van der Waals surface area contributed by atoms with E-state index < -0.39 is 0 Å². The Morgan fingerprint density at radius 2 is 2.06 bits per heavy atom. The van der Waals surface area contributed by atoms with Crippen molar-refractivity contribution >= 4 is 11.6 Å². The molecule has 1 aliphatic rings. The van der Waals surface area contributed by atoms with Gasteiger partial charge >= 0.3 is 0 Å². The largest absolute Gasteiger partial charge is 0.312 e. The van der Waals surface area contributed by atoms with Gasteiger partial charge in [0.25, 0.3) is 0 Å². The van der Waals surface area contributed by atoms with Crippen LogP contribution in [0.1, 0.15) is 25.3 Å². The predicted molar refractivity (Wildman–Crippen MR) is 74.9 cm³/mol. The van der Waals surface area contributed by atoms with Gasteiger partial charge in [-0.1, -0.05) is 25.1 Å². The average Bonchev–Trinajstić information content (AvgIpc) is 2.66. The van der Waals surface area contributed by atoms with Crippen molar-refractivity contribution in [1.29, 1.82) is 0 Å². The maximum absolute atomic E-state index is 11.9. The number of benzene rings is 1. The quantitative estimate of drug-likeness (QED) is 0.769. The van der Waals surface area contributed by atoms with Crippen molar-refractivity contribution in [3.05, 3.63) is 29.8 Å². The van der Waals surface area contributed by atoms with E-state index >= 15 is 0 Å². The van der Waals surface area contributed by atoms with E-state index in [0.717, 1.165) is 31.7 Å². The van der Waals surface area contributed by atoms with E-state index in [9.17, 15) is 4.79 Å². The number of para-hydroxylation sites is 1. The molecule has 0 saturated heterocycles. The van der Waals surface area contributed by atoms with Gasteiger partial charge in [-0.15, -0.1) is 0 Å². The molecule has 0 atom stereocenters. The molecule has 0 bridgehead atoms. The van der Waals surface area contributed by atoms with Crippen LogP contribution in [-0.2, 0) is 11.2 Å². The lowest BCUT2D eigenvalue weighted by Crippen LogP contribution is -2.30. The predicted octanol–water partition coefficient (Wildman–Crippen LogP) is 2.31. The van der Waals surface area contributed by atoms with Crippen LogP contribution in [0.2, 0.25) is 0 Å². The first-order valence-corrected chi connectivity index (χ1v) is 6.79. The fourth-order valence-electron chi connectivity index (χ4n) is 2.55. The number of hydrogen-bond donors (Lipinski definition) is 0. The number of amides is 1. The number of nitrogens with zero attached hydrogens (tertiary/aromatic N) is 2. The smallest absolute Gasteiger partial charge is 0.231 e. The van der Waals surface area contributed by atoms with Crippen molar-refractivity contribution < 1.29 is 4.79 Å². The molecular formula is C15H22N2O. The Balaban J connectivity index is 1.88. The molecule has 1 aliphatic heterocycles. The summed E-state index contributed by atoms with van der Waals surface area (Å²) in [7, 11) is 2.14. The molecule has 98 valence electrons. The first-order valence-electron chi connectivity index (χ1n) is 6.79. The molecule has 1 aromatic rings. The van der Waals surface area contributed by atoms with Crippen molar-refractivity contribution in [3.63, 3.8) is 0 Å². The van der Waals surface area contributed by atoms with Gasteiger partial charge in [0, 0.05) is 12.2 Å². The highest BCUT2D eigenvalue weighted by molar-refractivity contribution is 6.01. The number of fused-ring (bicyclic) bond motifs is 1. The Morgan fingerprint density at radius 3 is 2.83 bits per heavy atom. The van der Waals surface area contributed by atoms with Gasteiger partial charge in [0.1, 0.15) is 0 Å². The molecule has 0 radical (unpaired) electrons. The van der Waals surface area contributed by atoms with Gasteiger partial charge in [0.15, 0.2) is 0 Å². The van der Waals surface area contributed by atoms with Gasteiger partial charge in [-0.05, 0) is 44.6 Å². The van der Waals surface area contributed by atoms with Crippen LogP contribution in [-0.4, -0.2) is 37.5 Å². The van der Waals surface area contributed by atoms with E-state index in [1.54, 1.807) is 0 Å². The summed E-state index contributed by atoms with van der Waals surface area (Å²) in [5, 5.41) is 0. The molecule has 0 fully saturated rings. The highest BCUT2D eigenvalue weighted by Gasteiger charge is 2.25. The zero-order valence-electron chi connectivity index (χ0n) is 11.4. The van der Waals surface area contributed by atoms with Crippen LogP contribution >= 0.6 is 0 Å². The standard InChI is InChI=1S/C15H22N2O/c1-3-9-16(2)10-6-11-17-14-8-5-4-7-13(14)12-15(17)18/h4-5,7-8H,3,6,9-12H2,1-2H3. The van der Waals surface area contributed by atoms with Gasteiger partial charge < -0.3 is 9.80 Å². The number of rotatable bonds is 6. The maximum Gasteiger partial charge on any atom is 0.231 e. The summed E-state index contributed by atoms with van der Waals surface area (Å²) in [5.74, 6) is 0.245. The average molecular weight is 246 g/mol. The molecule has 1 heterocycles. The molecule has 3 heteroatoms. The Morgan fingerprint density at radius 1 is 1.28 bits per heavy atom. The normalized spacial score (nSPS) is 14.4. The summed E-state index contributed by atoms with van der Waals surface area (Å²) < 4.78 is 0. The minimum absolute atomic E-state index is 0.245. The second-order valence-electron chi connectivity index (χ2n) is 5.01. The van der Waals surface area contributed by atoms with E-state index in [1.165, 1.54) is 12.0 Å². The third kappa shape index (κ3) is 2.91. The zero-order valence-corrected chi connectivity index (χ0v) is 11.4. The van der Waals surface area contributed by atoms with Gasteiger partial charge in [-0.3, -0.25) is 4.79 Å². The van der Waals surface area contributed by atoms with Crippen molar-refractivity contribution in [3.8, 4) is 0 Å². The van der Waals surface area contributed by atoms with E-state index in [2.05, 4.69) is 31.0 Å². The summed E-state index contributed by atoms with van der Waals surface area (Å²) in [6.45, 7) is 5.21. The van der Waals surface area contributed by atoms with Gasteiger partial charge in [0.05, 0.1) is 6.42 Å². The molecule has 1 aromatic carbocycles. The minimum atomic E-state index is 0.245. The Hall–Kier alpha value is -1.35. The molecule has 0 spiro atoms. The Kier molecular flexibility index (Phi) is 4.37. The molecule has 0 unspecified atom stereocenters. The second-order valence-corrected chi connectivity index (χ2v) is 5.01. The van der Waals surface area contributed by atoms with Crippen LogP contribution in [0.5, 0.6) is 0 Å². The number of carbonyl (C=O) groups is 1. The summed E-state index contributed by atoms with van der Waals surface area (Å²) in [6, 6.07) is 8.12. The molecule has 2 rings (SSSR count). The molecule has 0 aromatic heterocycles. The van der Waals surface area contributed by atoms with Crippen molar-refractivity contribution in [1.82, 2.24) is 4.90 Å². The molecule has 0 aliphatic carbocycles. The molecule has 0 saturated carbocycles. The molecule has 3 nitrogen and oxygen atoms in total. The highest BCUT2D eigenvalue weighted by Crippen LogP contribution is 2.28. The minimum Gasteiger partial charge on any atom is -0.312 e. The van der Waals surface area contributed by atoms with Crippen molar-refractivity contribution in [2.24, 2.45) is 0 Å². The molecule has 0 N–H and O–H groups in total. The SMILES string of the molecule is CCCN(C)CCCN1C(=O)Cc2ccccc21. The Bertz CT molecular complexity index is 417. The maximum atomic E-state index is 11.9. The summed E-state index contributed by atoms with van der Waals surface area (Å²) in [6.07, 6.45) is 2.79. The van der Waals surface area contributed by atoms with Crippen LogP contribution in [0, 0.1) is 0 Å². The second kappa shape index (κ2) is 6.01. The first kappa shape index (κ1) is 13.1. The summed E-state index contributed by atoms with van der Waals surface area (Å²) in [5.41, 5.74) is 2.28. The van der Waals surface area contributed by atoms with Crippen LogP contribution in [0.25, 0.3) is 0 Å². The van der Waals surface area contributed by atoms with Crippen molar-refractivity contribution in [2.75, 3.05) is 31.6 Å². The third-order valence-corrected chi connectivity index (χ3v) is 3.45.